The van der Waals surface area contributed by atoms with Gasteiger partial charge < -0.3 is 9.47 Å². The third-order valence-electron chi connectivity index (χ3n) is 3.46. The predicted molar refractivity (Wildman–Crippen MR) is 63.2 cm³/mol. The van der Waals surface area contributed by atoms with Crippen molar-refractivity contribution in [3.05, 3.63) is 23.8 Å². The molecule has 0 radical (unpaired) electrons. The topological polar surface area (TPSA) is 18.5 Å². The smallest absolute Gasteiger partial charge is 0.162 e. The molecule has 1 aliphatic heterocycles. The van der Waals surface area contributed by atoms with Crippen molar-refractivity contribution in [2.75, 3.05) is 6.61 Å². The highest BCUT2D eigenvalue weighted by Gasteiger charge is 2.36. The van der Waals surface area contributed by atoms with Gasteiger partial charge >= 0.3 is 0 Å². The maximum absolute atomic E-state index is 6.02. The van der Waals surface area contributed by atoms with Crippen molar-refractivity contribution in [2.45, 2.75) is 38.7 Å². The van der Waals surface area contributed by atoms with Crippen LogP contribution in [0.15, 0.2) is 18.2 Å². The van der Waals surface area contributed by atoms with E-state index in [1.807, 2.05) is 6.07 Å². The predicted octanol–water partition coefficient (Wildman–Crippen LogP) is 3.36. The highest BCUT2D eigenvalue weighted by atomic mass is 16.6. The maximum Gasteiger partial charge on any atom is 0.162 e. The molecule has 1 saturated carbocycles. The van der Waals surface area contributed by atoms with Gasteiger partial charge in [-0.25, -0.2) is 0 Å². The summed E-state index contributed by atoms with van der Waals surface area (Å²) in [7, 11) is 0. The third-order valence-corrected chi connectivity index (χ3v) is 3.46. The molecule has 1 aromatic carbocycles. The van der Waals surface area contributed by atoms with Gasteiger partial charge in [0.1, 0.15) is 12.7 Å². The molecule has 16 heavy (non-hydrogen) atoms. The normalized spacial score (nSPS) is 23.6. The lowest BCUT2D eigenvalue weighted by Crippen LogP contribution is -2.30. The van der Waals surface area contributed by atoms with Crippen LogP contribution in [0.2, 0.25) is 0 Å². The van der Waals surface area contributed by atoms with Crippen LogP contribution in [0.3, 0.4) is 0 Å². The van der Waals surface area contributed by atoms with E-state index in [1.165, 1.54) is 18.4 Å². The summed E-state index contributed by atoms with van der Waals surface area (Å²) in [6.07, 6.45) is 2.88. The Morgan fingerprint density at radius 2 is 2.00 bits per heavy atom. The second-order valence-electron chi connectivity index (χ2n) is 5.17. The van der Waals surface area contributed by atoms with Crippen LogP contribution in [-0.2, 0) is 0 Å². The molecular formula is C14H18O2. The number of ether oxygens (including phenoxy) is 2. The molecule has 1 unspecified atom stereocenters. The summed E-state index contributed by atoms with van der Waals surface area (Å²) in [6.45, 7) is 5.12. The molecule has 2 heteroatoms. The van der Waals surface area contributed by atoms with Crippen LogP contribution in [-0.4, -0.2) is 12.7 Å². The van der Waals surface area contributed by atoms with E-state index in [9.17, 15) is 0 Å². The maximum atomic E-state index is 6.02. The van der Waals surface area contributed by atoms with Crippen molar-refractivity contribution in [3.63, 3.8) is 0 Å². The highest BCUT2D eigenvalue weighted by molar-refractivity contribution is 5.45. The van der Waals surface area contributed by atoms with E-state index in [-0.39, 0.29) is 6.10 Å². The van der Waals surface area contributed by atoms with Gasteiger partial charge in [0.05, 0.1) is 0 Å². The van der Waals surface area contributed by atoms with Gasteiger partial charge in [-0.15, -0.1) is 0 Å². The second kappa shape index (κ2) is 3.69. The Kier molecular flexibility index (Phi) is 2.31. The number of fused-ring (bicyclic) bond motifs is 1. The lowest BCUT2D eigenvalue weighted by atomic mass is 10.0. The van der Waals surface area contributed by atoms with E-state index < -0.39 is 0 Å². The summed E-state index contributed by atoms with van der Waals surface area (Å²) in [4.78, 5) is 0. The zero-order chi connectivity index (χ0) is 11.1. The van der Waals surface area contributed by atoms with Gasteiger partial charge in [-0.3, -0.25) is 0 Å². The lowest BCUT2D eigenvalue weighted by molar-refractivity contribution is 0.0756. The van der Waals surface area contributed by atoms with E-state index in [1.54, 1.807) is 0 Å². The number of rotatable bonds is 2. The Bertz CT molecular complexity index is 394. The summed E-state index contributed by atoms with van der Waals surface area (Å²) < 4.78 is 11.8. The van der Waals surface area contributed by atoms with Gasteiger partial charge in [0.25, 0.3) is 0 Å². The van der Waals surface area contributed by atoms with Crippen LogP contribution in [0.5, 0.6) is 11.5 Å². The van der Waals surface area contributed by atoms with Crippen molar-refractivity contribution >= 4 is 0 Å². The zero-order valence-electron chi connectivity index (χ0n) is 9.90. The average molecular weight is 218 g/mol. The molecule has 1 atom stereocenters. The SMILES string of the molecule is CC(C)c1ccc2c(c1)OC(C1CC1)CO2. The summed E-state index contributed by atoms with van der Waals surface area (Å²) >= 11 is 0. The van der Waals surface area contributed by atoms with E-state index >= 15 is 0 Å². The Morgan fingerprint density at radius 3 is 2.69 bits per heavy atom. The standard InChI is InChI=1S/C14H18O2/c1-9(2)11-5-6-12-13(7-11)16-14(8-15-12)10-3-4-10/h5-7,9-10,14H,3-4,8H2,1-2H3. The first-order valence-corrected chi connectivity index (χ1v) is 6.17. The molecule has 0 spiro atoms. The molecule has 86 valence electrons. The fraction of sp³-hybridized carbons (Fsp3) is 0.571. The summed E-state index contributed by atoms with van der Waals surface area (Å²) in [5, 5.41) is 0. The molecule has 0 N–H and O–H groups in total. The van der Waals surface area contributed by atoms with Crippen LogP contribution >= 0.6 is 0 Å². The van der Waals surface area contributed by atoms with Crippen LogP contribution < -0.4 is 9.47 Å². The van der Waals surface area contributed by atoms with Gasteiger partial charge in [-0.2, -0.15) is 0 Å². The van der Waals surface area contributed by atoms with E-state index in [4.69, 9.17) is 9.47 Å². The van der Waals surface area contributed by atoms with E-state index in [0.717, 1.165) is 24.0 Å². The van der Waals surface area contributed by atoms with E-state index in [0.29, 0.717) is 5.92 Å². The molecule has 2 nitrogen and oxygen atoms in total. The minimum atomic E-state index is 0.287. The van der Waals surface area contributed by atoms with Crippen LogP contribution in [0.25, 0.3) is 0 Å². The molecule has 1 aliphatic carbocycles. The van der Waals surface area contributed by atoms with Crippen molar-refractivity contribution < 1.29 is 9.47 Å². The first-order chi connectivity index (χ1) is 7.74. The Morgan fingerprint density at radius 1 is 1.19 bits per heavy atom. The third kappa shape index (κ3) is 1.77. The fourth-order valence-electron chi connectivity index (χ4n) is 2.16. The molecule has 1 heterocycles. The highest BCUT2D eigenvalue weighted by Crippen LogP contribution is 2.41. The molecule has 0 amide bonds. The quantitative estimate of drug-likeness (QED) is 0.757. The molecule has 0 aromatic heterocycles. The van der Waals surface area contributed by atoms with Gasteiger partial charge in [0, 0.05) is 0 Å². The number of hydrogen-bond acceptors (Lipinski definition) is 2. The summed E-state index contributed by atoms with van der Waals surface area (Å²) in [5.74, 6) is 3.11. The molecule has 1 fully saturated rings. The van der Waals surface area contributed by atoms with Crippen LogP contribution in [0.1, 0.15) is 38.2 Å². The fourth-order valence-corrected chi connectivity index (χ4v) is 2.16. The minimum Gasteiger partial charge on any atom is -0.486 e. The molecule has 2 aliphatic rings. The monoisotopic (exact) mass is 218 g/mol. The summed E-state index contributed by atoms with van der Waals surface area (Å²) in [5.41, 5.74) is 1.32. The average Bonchev–Trinajstić information content (AvgIpc) is 3.11. The van der Waals surface area contributed by atoms with Crippen molar-refractivity contribution in [1.82, 2.24) is 0 Å². The molecule has 3 rings (SSSR count). The Hall–Kier alpha value is -1.18. The molecule has 0 bridgehead atoms. The first kappa shape index (κ1) is 10.0. The minimum absolute atomic E-state index is 0.287. The second-order valence-corrected chi connectivity index (χ2v) is 5.17. The Balaban J connectivity index is 1.86. The lowest BCUT2D eigenvalue weighted by Gasteiger charge is -2.27. The first-order valence-electron chi connectivity index (χ1n) is 6.17. The largest absolute Gasteiger partial charge is 0.486 e. The number of hydrogen-bond donors (Lipinski definition) is 0. The molecule has 0 saturated heterocycles. The molecular weight excluding hydrogens is 200 g/mol. The van der Waals surface area contributed by atoms with Gasteiger partial charge in [0.2, 0.25) is 0 Å². The molecule has 1 aromatic rings. The summed E-state index contributed by atoms with van der Waals surface area (Å²) in [6, 6.07) is 6.30. The zero-order valence-corrected chi connectivity index (χ0v) is 9.90. The number of benzene rings is 1. The van der Waals surface area contributed by atoms with Crippen molar-refractivity contribution in [2.24, 2.45) is 5.92 Å². The van der Waals surface area contributed by atoms with Crippen molar-refractivity contribution in [1.29, 1.82) is 0 Å². The van der Waals surface area contributed by atoms with Gasteiger partial charge in [-0.1, -0.05) is 19.9 Å². The Labute approximate surface area is 96.6 Å². The van der Waals surface area contributed by atoms with E-state index in [2.05, 4.69) is 26.0 Å². The van der Waals surface area contributed by atoms with Gasteiger partial charge in [0.15, 0.2) is 11.5 Å². The van der Waals surface area contributed by atoms with Crippen LogP contribution in [0, 0.1) is 5.92 Å². The van der Waals surface area contributed by atoms with Crippen molar-refractivity contribution in [3.8, 4) is 11.5 Å². The van der Waals surface area contributed by atoms with Gasteiger partial charge in [-0.05, 0) is 42.4 Å². The van der Waals surface area contributed by atoms with Crippen LogP contribution in [0.4, 0.5) is 0 Å².